The van der Waals surface area contributed by atoms with Gasteiger partial charge in [0.05, 0.1) is 0 Å². The largest absolute Gasteiger partial charge is 0.573 e. The summed E-state index contributed by atoms with van der Waals surface area (Å²) in [4.78, 5) is 3.89. The first kappa shape index (κ1) is 13.3. The van der Waals surface area contributed by atoms with Gasteiger partial charge in [0, 0.05) is 5.56 Å². The molecule has 0 spiro atoms. The van der Waals surface area contributed by atoms with Gasteiger partial charge in [-0.3, -0.25) is 0 Å². The number of nitrogens with zero attached hydrogens (tertiary/aromatic N) is 2. The van der Waals surface area contributed by atoms with Crippen LogP contribution >= 0.6 is 0 Å². The van der Waals surface area contributed by atoms with Gasteiger partial charge in [0.1, 0.15) is 11.9 Å². The Kier molecular flexibility index (Phi) is 3.43. The molecule has 102 valence electrons. The molecule has 1 unspecified atom stereocenters. The van der Waals surface area contributed by atoms with Crippen LogP contribution in [-0.2, 0) is 0 Å². The normalized spacial score (nSPS) is 13.3. The smallest absolute Gasteiger partial charge is 0.406 e. The molecular formula is C11H9F3N2O3. The van der Waals surface area contributed by atoms with Gasteiger partial charge < -0.3 is 14.4 Å². The summed E-state index contributed by atoms with van der Waals surface area (Å²) < 4.78 is 44.5. The molecule has 0 saturated carbocycles. The molecule has 19 heavy (non-hydrogen) atoms. The summed E-state index contributed by atoms with van der Waals surface area (Å²) in [6.45, 7) is 1.47. The van der Waals surface area contributed by atoms with E-state index in [0.29, 0.717) is 5.56 Å². The van der Waals surface area contributed by atoms with E-state index in [0.717, 1.165) is 12.1 Å². The van der Waals surface area contributed by atoms with Gasteiger partial charge in [-0.25, -0.2) is 0 Å². The van der Waals surface area contributed by atoms with Crippen LogP contribution in [0.15, 0.2) is 28.8 Å². The fourth-order valence-corrected chi connectivity index (χ4v) is 1.32. The molecule has 8 heteroatoms. The number of aromatic nitrogens is 2. The Balaban J connectivity index is 2.17. The predicted octanol–water partition coefficient (Wildman–Crippen LogP) is 2.69. The first-order chi connectivity index (χ1) is 8.85. The zero-order chi connectivity index (χ0) is 14.0. The fraction of sp³-hybridized carbons (Fsp3) is 0.273. The van der Waals surface area contributed by atoms with Crippen molar-refractivity contribution in [3.63, 3.8) is 0 Å². The maximum Gasteiger partial charge on any atom is 0.573 e. The lowest BCUT2D eigenvalue weighted by atomic mass is 10.2. The summed E-state index contributed by atoms with van der Waals surface area (Å²) in [6.07, 6.45) is -5.61. The average molecular weight is 274 g/mol. The molecule has 0 aliphatic heterocycles. The van der Waals surface area contributed by atoms with Crippen molar-refractivity contribution in [1.29, 1.82) is 0 Å². The Labute approximate surface area is 105 Å². The van der Waals surface area contributed by atoms with Crippen molar-refractivity contribution in [3.8, 4) is 17.2 Å². The minimum atomic E-state index is -4.73. The molecule has 0 bridgehead atoms. The lowest BCUT2D eigenvalue weighted by Crippen LogP contribution is -2.16. The van der Waals surface area contributed by atoms with Crippen LogP contribution in [0, 0.1) is 0 Å². The van der Waals surface area contributed by atoms with E-state index in [4.69, 9.17) is 4.52 Å². The van der Waals surface area contributed by atoms with Gasteiger partial charge in [0.15, 0.2) is 5.82 Å². The maximum absolute atomic E-state index is 12.0. The van der Waals surface area contributed by atoms with E-state index in [1.54, 1.807) is 0 Å². The zero-order valence-electron chi connectivity index (χ0n) is 9.68. The molecular weight excluding hydrogens is 265 g/mol. The van der Waals surface area contributed by atoms with Gasteiger partial charge in [0.2, 0.25) is 0 Å². The second kappa shape index (κ2) is 4.88. The third-order valence-electron chi connectivity index (χ3n) is 2.15. The molecule has 0 aliphatic carbocycles. The van der Waals surface area contributed by atoms with Gasteiger partial charge in [-0.2, -0.15) is 4.98 Å². The number of rotatable bonds is 3. The molecule has 0 aliphatic rings. The minimum Gasteiger partial charge on any atom is -0.406 e. The number of halogens is 3. The van der Waals surface area contributed by atoms with Crippen molar-refractivity contribution in [3.05, 3.63) is 30.1 Å². The Morgan fingerprint density at radius 1 is 1.26 bits per heavy atom. The number of hydrogen-bond donors (Lipinski definition) is 1. The number of alkyl halides is 3. The Hall–Kier alpha value is -2.09. The van der Waals surface area contributed by atoms with E-state index in [1.807, 2.05) is 0 Å². The third kappa shape index (κ3) is 3.44. The van der Waals surface area contributed by atoms with E-state index in [-0.39, 0.29) is 17.5 Å². The quantitative estimate of drug-likeness (QED) is 0.931. The van der Waals surface area contributed by atoms with Crippen molar-refractivity contribution in [2.24, 2.45) is 0 Å². The maximum atomic E-state index is 12.0. The molecule has 1 heterocycles. The van der Waals surface area contributed by atoms with Gasteiger partial charge in [0.25, 0.3) is 5.89 Å². The van der Waals surface area contributed by atoms with Gasteiger partial charge in [-0.05, 0) is 31.2 Å². The van der Waals surface area contributed by atoms with Crippen molar-refractivity contribution in [1.82, 2.24) is 10.1 Å². The van der Waals surface area contributed by atoms with Gasteiger partial charge in [-0.1, -0.05) is 5.16 Å². The van der Waals surface area contributed by atoms with Crippen molar-refractivity contribution in [2.75, 3.05) is 0 Å². The van der Waals surface area contributed by atoms with Crippen LogP contribution in [0.5, 0.6) is 5.75 Å². The summed E-state index contributed by atoms with van der Waals surface area (Å²) in [5.74, 6) is -0.133. The second-order valence-electron chi connectivity index (χ2n) is 3.71. The highest BCUT2D eigenvalue weighted by Crippen LogP contribution is 2.26. The lowest BCUT2D eigenvalue weighted by Gasteiger charge is -2.08. The monoisotopic (exact) mass is 274 g/mol. The molecule has 0 saturated heterocycles. The van der Waals surface area contributed by atoms with Gasteiger partial charge >= 0.3 is 6.36 Å². The van der Waals surface area contributed by atoms with E-state index < -0.39 is 12.5 Å². The first-order valence-corrected chi connectivity index (χ1v) is 5.23. The topological polar surface area (TPSA) is 68.4 Å². The molecule has 1 atom stereocenters. The highest BCUT2D eigenvalue weighted by atomic mass is 19.4. The molecule has 0 radical (unpaired) electrons. The Bertz CT molecular complexity index is 549. The molecule has 1 aromatic heterocycles. The standard InChI is InChI=1S/C11H9F3N2O3/c1-6(17)9-15-10(19-16-9)7-2-4-8(5-3-7)18-11(12,13)14/h2-6,17H,1H3. The SMILES string of the molecule is CC(O)c1noc(-c2ccc(OC(F)(F)F)cc2)n1. The summed E-state index contributed by atoms with van der Waals surface area (Å²) in [6, 6.07) is 4.96. The fourth-order valence-electron chi connectivity index (χ4n) is 1.32. The lowest BCUT2D eigenvalue weighted by molar-refractivity contribution is -0.274. The predicted molar refractivity (Wildman–Crippen MR) is 57.1 cm³/mol. The van der Waals surface area contributed by atoms with Crippen LogP contribution in [0.3, 0.4) is 0 Å². The van der Waals surface area contributed by atoms with Crippen molar-refractivity contribution in [2.45, 2.75) is 19.4 Å². The van der Waals surface area contributed by atoms with Gasteiger partial charge in [-0.15, -0.1) is 13.2 Å². The summed E-state index contributed by atoms with van der Waals surface area (Å²) in [5, 5.41) is 12.8. The van der Waals surface area contributed by atoms with Crippen LogP contribution in [-0.4, -0.2) is 21.6 Å². The molecule has 1 aromatic carbocycles. The van der Waals surface area contributed by atoms with E-state index >= 15 is 0 Å². The number of aliphatic hydroxyl groups excluding tert-OH is 1. The molecule has 1 N–H and O–H groups in total. The van der Waals surface area contributed by atoms with E-state index in [9.17, 15) is 18.3 Å². The van der Waals surface area contributed by atoms with Crippen LogP contribution in [0.25, 0.3) is 11.5 Å². The molecule has 2 aromatic rings. The molecule has 0 fully saturated rings. The number of benzene rings is 1. The highest BCUT2D eigenvalue weighted by molar-refractivity contribution is 5.54. The van der Waals surface area contributed by atoms with Crippen LogP contribution < -0.4 is 4.74 Å². The molecule has 5 nitrogen and oxygen atoms in total. The number of aliphatic hydroxyl groups is 1. The summed E-state index contributed by atoms with van der Waals surface area (Å²) in [7, 11) is 0. The van der Waals surface area contributed by atoms with Crippen LogP contribution in [0.1, 0.15) is 18.9 Å². The van der Waals surface area contributed by atoms with Crippen molar-refractivity contribution >= 4 is 0 Å². The average Bonchev–Trinajstić information content (AvgIpc) is 2.77. The van der Waals surface area contributed by atoms with Crippen LogP contribution in [0.4, 0.5) is 13.2 Å². The Morgan fingerprint density at radius 3 is 2.37 bits per heavy atom. The van der Waals surface area contributed by atoms with Crippen LogP contribution in [0.2, 0.25) is 0 Å². The summed E-state index contributed by atoms with van der Waals surface area (Å²) >= 11 is 0. The number of ether oxygens (including phenoxy) is 1. The summed E-state index contributed by atoms with van der Waals surface area (Å²) in [5.41, 5.74) is 0.425. The second-order valence-corrected chi connectivity index (χ2v) is 3.71. The van der Waals surface area contributed by atoms with E-state index in [2.05, 4.69) is 14.9 Å². The first-order valence-electron chi connectivity index (χ1n) is 5.23. The zero-order valence-corrected chi connectivity index (χ0v) is 9.68. The number of hydrogen-bond acceptors (Lipinski definition) is 5. The van der Waals surface area contributed by atoms with E-state index in [1.165, 1.54) is 19.1 Å². The molecule has 2 rings (SSSR count). The Morgan fingerprint density at radius 2 is 1.89 bits per heavy atom. The molecule has 0 amide bonds. The third-order valence-corrected chi connectivity index (χ3v) is 2.15. The van der Waals surface area contributed by atoms with Crippen molar-refractivity contribution < 1.29 is 27.5 Å². The highest BCUT2D eigenvalue weighted by Gasteiger charge is 2.31. The minimum absolute atomic E-state index is 0.102.